The highest BCUT2D eigenvalue weighted by molar-refractivity contribution is 8.00. The number of nitrogens with one attached hydrogen (secondary N) is 1. The fourth-order valence-corrected chi connectivity index (χ4v) is 4.84. The molecule has 2 aromatic carbocycles. The highest BCUT2D eigenvalue weighted by Gasteiger charge is 2.23. The number of fused-ring (bicyclic) bond motifs is 3. The molecular weight excluding hydrogens is 478 g/mol. The lowest BCUT2D eigenvalue weighted by Crippen LogP contribution is -2.32. The average Bonchev–Trinajstić information content (AvgIpc) is 3.61. The summed E-state index contributed by atoms with van der Waals surface area (Å²) in [6.45, 7) is 2.29. The standard InChI is InChI=1S/C26H25N5O4S/c1-4-22(25(32)27-15-17-11-8-12-35-17)36-26-28-19-14-21(34-3)20(33-2)13-18(19)24-29-23(30-31(24)26)16-9-6-5-7-10-16/h5-14,22H,4,15H2,1-3H3,(H,27,32). The molecule has 1 unspecified atom stereocenters. The van der Waals surface area contributed by atoms with Crippen molar-refractivity contribution in [2.45, 2.75) is 30.3 Å². The molecule has 10 heteroatoms. The van der Waals surface area contributed by atoms with E-state index in [1.807, 2.05) is 55.5 Å². The minimum absolute atomic E-state index is 0.107. The van der Waals surface area contributed by atoms with Crippen molar-refractivity contribution >= 4 is 34.2 Å². The number of hydrogen-bond donors (Lipinski definition) is 1. The Balaban J connectivity index is 1.58. The summed E-state index contributed by atoms with van der Waals surface area (Å²) < 4.78 is 18.0. The molecule has 0 fully saturated rings. The van der Waals surface area contributed by atoms with E-state index in [0.29, 0.717) is 52.4 Å². The van der Waals surface area contributed by atoms with E-state index in [1.165, 1.54) is 11.8 Å². The summed E-state index contributed by atoms with van der Waals surface area (Å²) in [4.78, 5) is 22.7. The van der Waals surface area contributed by atoms with Crippen LogP contribution in [-0.2, 0) is 11.3 Å². The number of carbonyl (C=O) groups excluding carboxylic acids is 1. The monoisotopic (exact) mass is 503 g/mol. The van der Waals surface area contributed by atoms with Gasteiger partial charge >= 0.3 is 0 Å². The van der Waals surface area contributed by atoms with Crippen LogP contribution in [0.5, 0.6) is 11.5 Å². The number of thioether (sulfide) groups is 1. The van der Waals surface area contributed by atoms with Crippen LogP contribution in [0.4, 0.5) is 0 Å². The van der Waals surface area contributed by atoms with Gasteiger partial charge in [0.2, 0.25) is 5.91 Å². The summed E-state index contributed by atoms with van der Waals surface area (Å²) in [5.74, 6) is 2.28. The van der Waals surface area contributed by atoms with Gasteiger partial charge in [-0.3, -0.25) is 4.79 Å². The molecular formula is C26H25N5O4S. The van der Waals surface area contributed by atoms with Crippen molar-refractivity contribution in [2.75, 3.05) is 14.2 Å². The van der Waals surface area contributed by atoms with Gasteiger partial charge in [0.25, 0.3) is 0 Å². The summed E-state index contributed by atoms with van der Waals surface area (Å²) in [7, 11) is 3.17. The molecule has 5 rings (SSSR count). The van der Waals surface area contributed by atoms with Crippen LogP contribution >= 0.6 is 11.8 Å². The van der Waals surface area contributed by atoms with Gasteiger partial charge in [0.1, 0.15) is 5.76 Å². The minimum Gasteiger partial charge on any atom is -0.493 e. The fourth-order valence-electron chi connectivity index (χ4n) is 3.85. The summed E-state index contributed by atoms with van der Waals surface area (Å²) in [6, 6.07) is 17.0. The molecule has 0 aliphatic carbocycles. The maximum atomic E-state index is 13.0. The Hall–Kier alpha value is -4.05. The summed E-state index contributed by atoms with van der Waals surface area (Å²) in [5, 5.41) is 8.64. The Morgan fingerprint density at radius 3 is 2.56 bits per heavy atom. The van der Waals surface area contributed by atoms with Gasteiger partial charge in [-0.15, -0.1) is 5.10 Å². The second-order valence-electron chi connectivity index (χ2n) is 7.97. The molecule has 1 amide bonds. The van der Waals surface area contributed by atoms with E-state index < -0.39 is 5.25 Å². The van der Waals surface area contributed by atoms with E-state index in [4.69, 9.17) is 29.0 Å². The van der Waals surface area contributed by atoms with Crippen molar-refractivity contribution in [3.63, 3.8) is 0 Å². The van der Waals surface area contributed by atoms with Gasteiger partial charge in [-0.1, -0.05) is 49.0 Å². The quantitative estimate of drug-likeness (QED) is 0.227. The third-order valence-corrected chi connectivity index (χ3v) is 7.01. The van der Waals surface area contributed by atoms with Crippen molar-refractivity contribution in [3.8, 4) is 22.9 Å². The zero-order valence-corrected chi connectivity index (χ0v) is 20.9. The van der Waals surface area contributed by atoms with Gasteiger partial charge < -0.3 is 19.2 Å². The SMILES string of the molecule is CCC(Sc1nc2cc(OC)c(OC)cc2c2nc(-c3ccccc3)nn12)C(=O)NCc1ccco1. The van der Waals surface area contributed by atoms with Gasteiger partial charge in [0.05, 0.1) is 37.8 Å². The molecule has 3 heterocycles. The summed E-state index contributed by atoms with van der Waals surface area (Å²) in [6.07, 6.45) is 2.18. The van der Waals surface area contributed by atoms with E-state index >= 15 is 0 Å². The first-order valence-electron chi connectivity index (χ1n) is 11.5. The maximum Gasteiger partial charge on any atom is 0.233 e. The number of benzene rings is 2. The van der Waals surface area contributed by atoms with Crippen LogP contribution in [0, 0.1) is 0 Å². The Morgan fingerprint density at radius 1 is 1.08 bits per heavy atom. The van der Waals surface area contributed by atoms with Crippen LogP contribution in [0.15, 0.2) is 70.4 Å². The van der Waals surface area contributed by atoms with Crippen molar-refractivity contribution in [1.29, 1.82) is 0 Å². The molecule has 1 N–H and O–H groups in total. The Morgan fingerprint density at radius 2 is 1.86 bits per heavy atom. The van der Waals surface area contributed by atoms with E-state index in [0.717, 1.165) is 10.9 Å². The molecule has 0 saturated carbocycles. The molecule has 5 aromatic rings. The number of amides is 1. The fraction of sp³-hybridized carbons (Fsp3) is 0.231. The second kappa shape index (κ2) is 10.3. The number of ether oxygens (including phenoxy) is 2. The minimum atomic E-state index is -0.391. The molecule has 9 nitrogen and oxygen atoms in total. The number of carbonyl (C=O) groups is 1. The molecule has 0 aliphatic rings. The van der Waals surface area contributed by atoms with Crippen molar-refractivity contribution < 1.29 is 18.7 Å². The lowest BCUT2D eigenvalue weighted by Gasteiger charge is -2.15. The van der Waals surface area contributed by atoms with Crippen LogP contribution in [-0.4, -0.2) is 45.0 Å². The first-order chi connectivity index (χ1) is 17.6. The number of methoxy groups -OCH3 is 2. The van der Waals surface area contributed by atoms with E-state index in [1.54, 1.807) is 31.1 Å². The van der Waals surface area contributed by atoms with E-state index in [2.05, 4.69) is 5.32 Å². The van der Waals surface area contributed by atoms with Gasteiger partial charge in [0.15, 0.2) is 28.1 Å². The Kier molecular flexibility index (Phi) is 6.77. The Labute approximate surface area is 211 Å². The molecule has 1 atom stereocenters. The van der Waals surface area contributed by atoms with Gasteiger partial charge in [-0.2, -0.15) is 4.52 Å². The van der Waals surface area contributed by atoms with Crippen molar-refractivity contribution in [1.82, 2.24) is 24.9 Å². The third kappa shape index (κ3) is 4.59. The zero-order chi connectivity index (χ0) is 25.1. The molecule has 3 aromatic heterocycles. The van der Waals surface area contributed by atoms with E-state index in [-0.39, 0.29) is 5.91 Å². The maximum absolute atomic E-state index is 13.0. The Bertz CT molecular complexity index is 1500. The van der Waals surface area contributed by atoms with Crippen molar-refractivity contribution in [3.05, 3.63) is 66.6 Å². The number of furan rings is 1. The summed E-state index contributed by atoms with van der Waals surface area (Å²) >= 11 is 1.34. The number of aromatic nitrogens is 4. The zero-order valence-electron chi connectivity index (χ0n) is 20.1. The first kappa shape index (κ1) is 23.7. The average molecular weight is 504 g/mol. The molecule has 0 aliphatic heterocycles. The van der Waals surface area contributed by atoms with Crippen LogP contribution in [0.3, 0.4) is 0 Å². The second-order valence-corrected chi connectivity index (χ2v) is 9.14. The topological polar surface area (TPSA) is 104 Å². The molecule has 184 valence electrons. The predicted octanol–water partition coefficient (Wildman–Crippen LogP) is 4.74. The highest BCUT2D eigenvalue weighted by atomic mass is 32.2. The smallest absolute Gasteiger partial charge is 0.233 e. The summed E-state index contributed by atoms with van der Waals surface area (Å²) in [5.41, 5.74) is 2.17. The van der Waals surface area contributed by atoms with E-state index in [9.17, 15) is 4.79 Å². The van der Waals surface area contributed by atoms with Crippen LogP contribution in [0.2, 0.25) is 0 Å². The molecule has 0 spiro atoms. The lowest BCUT2D eigenvalue weighted by atomic mass is 10.2. The van der Waals surface area contributed by atoms with Crippen LogP contribution in [0.25, 0.3) is 27.9 Å². The lowest BCUT2D eigenvalue weighted by molar-refractivity contribution is -0.120. The predicted molar refractivity (Wildman–Crippen MR) is 137 cm³/mol. The van der Waals surface area contributed by atoms with Gasteiger partial charge in [-0.25, -0.2) is 9.97 Å². The molecule has 0 radical (unpaired) electrons. The number of nitrogens with zero attached hydrogens (tertiary/aromatic N) is 4. The number of hydrogen-bond acceptors (Lipinski definition) is 8. The molecule has 36 heavy (non-hydrogen) atoms. The number of rotatable bonds is 9. The van der Waals surface area contributed by atoms with Gasteiger partial charge in [-0.05, 0) is 24.6 Å². The largest absolute Gasteiger partial charge is 0.493 e. The van der Waals surface area contributed by atoms with Crippen molar-refractivity contribution in [2.24, 2.45) is 0 Å². The molecule has 0 bridgehead atoms. The first-order valence-corrected chi connectivity index (χ1v) is 12.3. The molecule has 0 saturated heterocycles. The highest BCUT2D eigenvalue weighted by Crippen LogP contribution is 2.36. The van der Waals surface area contributed by atoms with Crippen LogP contribution < -0.4 is 14.8 Å². The van der Waals surface area contributed by atoms with Crippen LogP contribution in [0.1, 0.15) is 19.1 Å². The third-order valence-electron chi connectivity index (χ3n) is 5.71. The normalized spacial score (nSPS) is 12.1. The van der Waals surface area contributed by atoms with Gasteiger partial charge in [0, 0.05) is 17.0 Å².